The number of hydrogen-bond donors (Lipinski definition) is 1. The van der Waals surface area contributed by atoms with Crippen molar-refractivity contribution in [1.29, 1.82) is 5.26 Å². The Morgan fingerprint density at radius 3 is 2.62 bits per heavy atom. The lowest BCUT2D eigenvalue weighted by Gasteiger charge is -2.02. The molecule has 1 aromatic carbocycles. The molecule has 0 radical (unpaired) electrons. The van der Waals surface area contributed by atoms with E-state index in [-0.39, 0.29) is 11.3 Å². The van der Waals surface area contributed by atoms with Crippen LogP contribution in [0.3, 0.4) is 0 Å². The summed E-state index contributed by atoms with van der Waals surface area (Å²) in [6.07, 6.45) is 2.81. The zero-order valence-corrected chi connectivity index (χ0v) is 8.18. The van der Waals surface area contributed by atoms with Gasteiger partial charge in [-0.1, -0.05) is 6.07 Å². The third-order valence-electron chi connectivity index (χ3n) is 2.15. The molecule has 0 saturated carbocycles. The van der Waals surface area contributed by atoms with Crippen molar-refractivity contribution in [3.8, 4) is 22.9 Å². The Bertz CT molecular complexity index is 575. The first-order valence-corrected chi connectivity index (χ1v) is 4.55. The van der Waals surface area contributed by atoms with Crippen LogP contribution in [0.15, 0.2) is 36.7 Å². The largest absolute Gasteiger partial charge is 0.506 e. The van der Waals surface area contributed by atoms with Gasteiger partial charge in [0, 0.05) is 11.8 Å². The summed E-state index contributed by atoms with van der Waals surface area (Å²) in [6, 6.07) is 7.48. The van der Waals surface area contributed by atoms with Gasteiger partial charge in [-0.15, -0.1) is 0 Å². The molecule has 0 atom stereocenters. The fraction of sp³-hybridized carbons (Fsp3) is 0. The SMILES string of the molecule is N#Cc1ccc(-c2cncc(O)c2)cc1F. The van der Waals surface area contributed by atoms with Crippen molar-refractivity contribution in [1.82, 2.24) is 4.98 Å². The molecule has 1 aromatic heterocycles. The van der Waals surface area contributed by atoms with E-state index in [0.717, 1.165) is 0 Å². The maximum absolute atomic E-state index is 13.3. The lowest BCUT2D eigenvalue weighted by molar-refractivity contribution is 0.473. The Morgan fingerprint density at radius 1 is 1.19 bits per heavy atom. The second-order valence-corrected chi connectivity index (χ2v) is 3.24. The third kappa shape index (κ3) is 1.84. The Morgan fingerprint density at radius 2 is 2.00 bits per heavy atom. The van der Waals surface area contributed by atoms with Crippen molar-refractivity contribution < 1.29 is 9.50 Å². The predicted molar refractivity (Wildman–Crippen MR) is 56.0 cm³/mol. The second-order valence-electron chi connectivity index (χ2n) is 3.24. The van der Waals surface area contributed by atoms with Crippen LogP contribution in [-0.4, -0.2) is 10.1 Å². The molecule has 0 aliphatic heterocycles. The number of aromatic nitrogens is 1. The highest BCUT2D eigenvalue weighted by Crippen LogP contribution is 2.23. The minimum absolute atomic E-state index is 0.00291. The first kappa shape index (κ1) is 10.1. The summed E-state index contributed by atoms with van der Waals surface area (Å²) in [6.45, 7) is 0. The van der Waals surface area contributed by atoms with Gasteiger partial charge in [0.2, 0.25) is 0 Å². The quantitative estimate of drug-likeness (QED) is 0.793. The number of rotatable bonds is 1. The van der Waals surface area contributed by atoms with Gasteiger partial charge in [0.25, 0.3) is 0 Å². The molecule has 1 heterocycles. The number of hydrogen-bond acceptors (Lipinski definition) is 3. The van der Waals surface area contributed by atoms with E-state index in [1.807, 2.05) is 0 Å². The second kappa shape index (κ2) is 3.99. The highest BCUT2D eigenvalue weighted by atomic mass is 19.1. The lowest BCUT2D eigenvalue weighted by atomic mass is 10.1. The highest BCUT2D eigenvalue weighted by molar-refractivity contribution is 5.64. The minimum Gasteiger partial charge on any atom is -0.506 e. The molecule has 78 valence electrons. The number of pyridine rings is 1. The molecular formula is C12H7FN2O. The zero-order valence-electron chi connectivity index (χ0n) is 8.18. The van der Waals surface area contributed by atoms with E-state index in [2.05, 4.69) is 4.98 Å². The smallest absolute Gasteiger partial charge is 0.141 e. The molecule has 4 heteroatoms. The third-order valence-corrected chi connectivity index (χ3v) is 2.15. The van der Waals surface area contributed by atoms with Crippen molar-refractivity contribution >= 4 is 0 Å². The zero-order chi connectivity index (χ0) is 11.5. The molecule has 0 unspecified atom stereocenters. The molecule has 0 amide bonds. The number of aromatic hydroxyl groups is 1. The Labute approximate surface area is 91.4 Å². The molecule has 2 rings (SSSR count). The van der Waals surface area contributed by atoms with Crippen molar-refractivity contribution in [2.24, 2.45) is 0 Å². The molecule has 0 aliphatic carbocycles. The van der Waals surface area contributed by atoms with Crippen LogP contribution in [-0.2, 0) is 0 Å². The van der Waals surface area contributed by atoms with Crippen LogP contribution < -0.4 is 0 Å². The van der Waals surface area contributed by atoms with Gasteiger partial charge in [0.05, 0.1) is 11.8 Å². The molecule has 0 aliphatic rings. The average molecular weight is 214 g/mol. The molecule has 0 spiro atoms. The summed E-state index contributed by atoms with van der Waals surface area (Å²) in [7, 11) is 0. The van der Waals surface area contributed by atoms with E-state index in [4.69, 9.17) is 5.26 Å². The Hall–Kier alpha value is -2.41. The Kier molecular flexibility index (Phi) is 2.52. The summed E-state index contributed by atoms with van der Waals surface area (Å²) in [5, 5.41) is 17.8. The summed E-state index contributed by atoms with van der Waals surface area (Å²) in [5.74, 6) is -0.564. The van der Waals surface area contributed by atoms with Crippen LogP contribution >= 0.6 is 0 Å². The van der Waals surface area contributed by atoms with E-state index in [9.17, 15) is 9.50 Å². The summed E-state index contributed by atoms with van der Waals surface area (Å²) in [4.78, 5) is 3.80. The molecule has 0 bridgehead atoms. The van der Waals surface area contributed by atoms with Crippen LogP contribution in [0.2, 0.25) is 0 Å². The standard InChI is InChI=1S/C12H7FN2O/c13-12-4-8(1-2-9(12)5-14)10-3-11(16)7-15-6-10/h1-4,6-7,16H. The maximum atomic E-state index is 13.3. The van der Waals surface area contributed by atoms with Gasteiger partial charge in [-0.3, -0.25) is 4.98 Å². The average Bonchev–Trinajstić information content (AvgIpc) is 2.29. The molecule has 3 nitrogen and oxygen atoms in total. The molecule has 0 fully saturated rings. The van der Waals surface area contributed by atoms with Gasteiger partial charge < -0.3 is 5.11 Å². The van der Waals surface area contributed by atoms with Crippen LogP contribution in [0.1, 0.15) is 5.56 Å². The maximum Gasteiger partial charge on any atom is 0.141 e. The summed E-state index contributed by atoms with van der Waals surface area (Å²) in [5.41, 5.74) is 1.17. The monoisotopic (exact) mass is 214 g/mol. The van der Waals surface area contributed by atoms with Gasteiger partial charge in [-0.2, -0.15) is 5.26 Å². The highest BCUT2D eigenvalue weighted by Gasteiger charge is 2.05. The minimum atomic E-state index is -0.580. The predicted octanol–water partition coefficient (Wildman–Crippen LogP) is 2.46. The van der Waals surface area contributed by atoms with Crippen molar-refractivity contribution in [3.63, 3.8) is 0 Å². The molecule has 0 saturated heterocycles. The normalized spacial score (nSPS) is 9.75. The van der Waals surface area contributed by atoms with Crippen molar-refractivity contribution in [2.75, 3.05) is 0 Å². The van der Waals surface area contributed by atoms with Gasteiger partial charge in [-0.25, -0.2) is 4.39 Å². The number of benzene rings is 1. The van der Waals surface area contributed by atoms with Crippen LogP contribution in [0, 0.1) is 17.1 Å². The van der Waals surface area contributed by atoms with E-state index >= 15 is 0 Å². The van der Waals surface area contributed by atoms with Gasteiger partial charge in [-0.05, 0) is 23.8 Å². The molecule has 16 heavy (non-hydrogen) atoms. The first-order valence-electron chi connectivity index (χ1n) is 4.55. The number of halogens is 1. The Balaban J connectivity index is 2.50. The molecular weight excluding hydrogens is 207 g/mol. The van der Waals surface area contributed by atoms with E-state index in [0.29, 0.717) is 11.1 Å². The number of nitriles is 1. The topological polar surface area (TPSA) is 56.9 Å². The van der Waals surface area contributed by atoms with Crippen LogP contribution in [0.5, 0.6) is 5.75 Å². The van der Waals surface area contributed by atoms with Gasteiger partial charge in [0.1, 0.15) is 17.6 Å². The first-order chi connectivity index (χ1) is 7.70. The summed E-state index contributed by atoms with van der Waals surface area (Å²) < 4.78 is 13.3. The van der Waals surface area contributed by atoms with E-state index in [1.165, 1.54) is 30.6 Å². The van der Waals surface area contributed by atoms with Crippen molar-refractivity contribution in [3.05, 3.63) is 48.0 Å². The summed E-state index contributed by atoms with van der Waals surface area (Å²) >= 11 is 0. The van der Waals surface area contributed by atoms with E-state index in [1.54, 1.807) is 12.1 Å². The molecule has 2 aromatic rings. The van der Waals surface area contributed by atoms with Gasteiger partial charge >= 0.3 is 0 Å². The van der Waals surface area contributed by atoms with E-state index < -0.39 is 5.82 Å². The molecule has 1 N–H and O–H groups in total. The number of nitrogens with zero attached hydrogens (tertiary/aromatic N) is 2. The fourth-order valence-electron chi connectivity index (χ4n) is 1.37. The van der Waals surface area contributed by atoms with Crippen LogP contribution in [0.4, 0.5) is 4.39 Å². The lowest BCUT2D eigenvalue weighted by Crippen LogP contribution is -1.86. The van der Waals surface area contributed by atoms with Gasteiger partial charge in [0.15, 0.2) is 0 Å². The van der Waals surface area contributed by atoms with Crippen LogP contribution in [0.25, 0.3) is 11.1 Å². The van der Waals surface area contributed by atoms with Crippen molar-refractivity contribution in [2.45, 2.75) is 0 Å². The fourth-order valence-corrected chi connectivity index (χ4v) is 1.37.